The number of benzene rings is 1. The number of guanidine groups is 1. The van der Waals surface area contributed by atoms with Crippen LogP contribution in [0.1, 0.15) is 32.1 Å². The molecule has 1 aromatic heterocycles. The van der Waals surface area contributed by atoms with E-state index in [-0.39, 0.29) is 11.4 Å². The Balaban J connectivity index is 2.15. The van der Waals surface area contributed by atoms with Crippen LogP contribution in [0.25, 0.3) is 11.0 Å². The van der Waals surface area contributed by atoms with Crippen LogP contribution in [-0.2, 0) is 11.3 Å². The van der Waals surface area contributed by atoms with Crippen LogP contribution in [0.3, 0.4) is 0 Å². The summed E-state index contributed by atoms with van der Waals surface area (Å²) in [5.74, 6) is 1.16. The smallest absolute Gasteiger partial charge is 0.191 e. The number of methoxy groups -OCH3 is 1. The van der Waals surface area contributed by atoms with E-state index in [1.54, 1.807) is 13.2 Å². The number of nitrogens with zero attached hydrogens (tertiary/aromatic N) is 1. The van der Waals surface area contributed by atoms with Crippen LogP contribution in [0.15, 0.2) is 27.6 Å². The summed E-state index contributed by atoms with van der Waals surface area (Å²) in [5.41, 5.74) is 1.31. The van der Waals surface area contributed by atoms with Gasteiger partial charge in [-0.1, -0.05) is 0 Å². The zero-order valence-corrected chi connectivity index (χ0v) is 15.0. The first-order valence-corrected chi connectivity index (χ1v) is 8.11. The number of nitrogens with one attached hydrogen (secondary N) is 2. The predicted octanol–water partition coefficient (Wildman–Crippen LogP) is 3.36. The molecule has 0 radical (unpaired) electrons. The summed E-state index contributed by atoms with van der Waals surface area (Å²) < 4.78 is 24.6. The molecule has 24 heavy (non-hydrogen) atoms. The molecule has 0 atom stereocenters. The van der Waals surface area contributed by atoms with Gasteiger partial charge >= 0.3 is 0 Å². The zero-order chi connectivity index (χ0) is 17.7. The third-order valence-corrected chi connectivity index (χ3v) is 3.96. The van der Waals surface area contributed by atoms with E-state index in [1.165, 1.54) is 12.1 Å². The molecule has 0 unspecified atom stereocenters. The van der Waals surface area contributed by atoms with Gasteiger partial charge in [0.25, 0.3) is 0 Å². The molecule has 2 aromatic rings. The molecule has 0 bridgehead atoms. The number of furan rings is 1. The second-order valence-electron chi connectivity index (χ2n) is 6.30. The summed E-state index contributed by atoms with van der Waals surface area (Å²) in [6, 6.07) is 4.54. The summed E-state index contributed by atoms with van der Waals surface area (Å²) in [5, 5.41) is 7.24. The van der Waals surface area contributed by atoms with Gasteiger partial charge in [0.1, 0.15) is 23.7 Å². The van der Waals surface area contributed by atoms with E-state index in [0.29, 0.717) is 24.6 Å². The summed E-state index contributed by atoms with van der Waals surface area (Å²) in [6.07, 6.45) is 0. The van der Waals surface area contributed by atoms with Crippen LogP contribution < -0.4 is 10.6 Å². The summed E-state index contributed by atoms with van der Waals surface area (Å²) in [7, 11) is 1.68. The maximum Gasteiger partial charge on any atom is 0.191 e. The molecule has 0 amide bonds. The van der Waals surface area contributed by atoms with Crippen LogP contribution in [0.2, 0.25) is 0 Å². The van der Waals surface area contributed by atoms with Crippen molar-refractivity contribution in [3.8, 4) is 0 Å². The van der Waals surface area contributed by atoms with Crippen molar-refractivity contribution < 1.29 is 13.5 Å². The van der Waals surface area contributed by atoms with Crippen LogP contribution >= 0.6 is 0 Å². The van der Waals surface area contributed by atoms with Crippen molar-refractivity contribution in [3.05, 3.63) is 35.3 Å². The van der Waals surface area contributed by atoms with Crippen molar-refractivity contribution in [2.45, 2.75) is 39.8 Å². The highest BCUT2D eigenvalue weighted by atomic mass is 19.1. The molecule has 2 N–H and O–H groups in total. The normalized spacial score (nSPS) is 12.7. The molecule has 132 valence electrons. The molecule has 0 aliphatic carbocycles. The molecule has 2 rings (SSSR count). The van der Waals surface area contributed by atoms with Gasteiger partial charge in [0.2, 0.25) is 0 Å². The van der Waals surface area contributed by atoms with Crippen LogP contribution in [0.5, 0.6) is 0 Å². The molecule has 6 heteroatoms. The number of halogens is 1. The van der Waals surface area contributed by atoms with E-state index in [0.717, 1.165) is 23.3 Å². The maximum absolute atomic E-state index is 13.4. The topological polar surface area (TPSA) is 58.8 Å². The van der Waals surface area contributed by atoms with Gasteiger partial charge in [0.05, 0.1) is 5.60 Å². The quantitative estimate of drug-likeness (QED) is 0.628. The van der Waals surface area contributed by atoms with Crippen molar-refractivity contribution in [1.82, 2.24) is 10.6 Å². The summed E-state index contributed by atoms with van der Waals surface area (Å²) in [6.45, 7) is 9.69. The molecule has 5 nitrogen and oxygen atoms in total. The van der Waals surface area contributed by atoms with E-state index in [4.69, 9.17) is 9.15 Å². The first-order valence-electron chi connectivity index (χ1n) is 8.11. The fourth-order valence-electron chi connectivity index (χ4n) is 2.26. The highest BCUT2D eigenvalue weighted by Crippen LogP contribution is 2.26. The molecule has 0 aliphatic rings. The van der Waals surface area contributed by atoms with Gasteiger partial charge < -0.3 is 19.8 Å². The van der Waals surface area contributed by atoms with E-state index in [2.05, 4.69) is 15.6 Å². The van der Waals surface area contributed by atoms with Crippen molar-refractivity contribution in [2.24, 2.45) is 4.99 Å². The number of aliphatic imine (C=N–C) groups is 1. The van der Waals surface area contributed by atoms with E-state index in [1.807, 2.05) is 27.7 Å². The molecule has 0 spiro atoms. The number of ether oxygens (including phenoxy) is 1. The highest BCUT2D eigenvalue weighted by molar-refractivity contribution is 5.82. The summed E-state index contributed by atoms with van der Waals surface area (Å²) >= 11 is 0. The number of hydrogen-bond acceptors (Lipinski definition) is 3. The Labute approximate surface area is 142 Å². The third-order valence-electron chi connectivity index (χ3n) is 3.96. The van der Waals surface area contributed by atoms with E-state index < -0.39 is 0 Å². The van der Waals surface area contributed by atoms with Crippen LogP contribution in [0, 0.1) is 12.7 Å². The lowest BCUT2D eigenvalue weighted by atomic mass is 10.1. The number of rotatable bonds is 6. The lowest BCUT2D eigenvalue weighted by Crippen LogP contribution is -2.45. The van der Waals surface area contributed by atoms with Crippen molar-refractivity contribution in [1.29, 1.82) is 0 Å². The Kier molecular flexibility index (Phi) is 5.83. The molecule has 0 saturated carbocycles. The second-order valence-corrected chi connectivity index (χ2v) is 6.30. The molecule has 0 saturated heterocycles. The second kappa shape index (κ2) is 7.66. The minimum Gasteiger partial charge on any atom is -0.459 e. The highest BCUT2D eigenvalue weighted by Gasteiger charge is 2.17. The van der Waals surface area contributed by atoms with Crippen molar-refractivity contribution in [2.75, 3.05) is 20.2 Å². The number of fused-ring (bicyclic) bond motifs is 1. The number of aryl methyl sites for hydroxylation is 1. The lowest BCUT2D eigenvalue weighted by Gasteiger charge is -2.24. The monoisotopic (exact) mass is 335 g/mol. The lowest BCUT2D eigenvalue weighted by molar-refractivity contribution is 0.0268. The fourth-order valence-corrected chi connectivity index (χ4v) is 2.26. The Morgan fingerprint density at radius 2 is 2.08 bits per heavy atom. The Bertz CT molecular complexity index is 722. The molecule has 0 fully saturated rings. The maximum atomic E-state index is 13.4. The Hall–Kier alpha value is -2.08. The standard InChI is InChI=1S/C18H26FN3O2/c1-6-20-17(22-11-18(3,4)23-5)21-10-16-12(2)14-9-13(19)7-8-15(14)24-16/h7-9H,6,10-11H2,1-5H3,(H2,20,21,22). The molecular weight excluding hydrogens is 309 g/mol. The van der Waals surface area contributed by atoms with Crippen LogP contribution in [0.4, 0.5) is 4.39 Å². The van der Waals surface area contributed by atoms with Gasteiger partial charge in [-0.15, -0.1) is 0 Å². The number of hydrogen-bond donors (Lipinski definition) is 2. The van der Waals surface area contributed by atoms with Gasteiger partial charge in [-0.25, -0.2) is 9.38 Å². The minimum atomic E-state index is -0.289. The van der Waals surface area contributed by atoms with Crippen LogP contribution in [-0.4, -0.2) is 31.8 Å². The average Bonchev–Trinajstić information content (AvgIpc) is 2.86. The Morgan fingerprint density at radius 1 is 1.33 bits per heavy atom. The largest absolute Gasteiger partial charge is 0.459 e. The van der Waals surface area contributed by atoms with Gasteiger partial charge in [-0.05, 0) is 45.9 Å². The predicted molar refractivity (Wildman–Crippen MR) is 94.8 cm³/mol. The molecular formula is C18H26FN3O2. The molecule has 0 aliphatic heterocycles. The SMILES string of the molecule is CCNC(=NCc1oc2ccc(F)cc2c1C)NCC(C)(C)OC. The zero-order valence-electron chi connectivity index (χ0n) is 15.0. The first-order chi connectivity index (χ1) is 11.4. The minimum absolute atomic E-state index is 0.266. The van der Waals surface area contributed by atoms with Crippen molar-refractivity contribution >= 4 is 16.9 Å². The van der Waals surface area contributed by atoms with Gasteiger partial charge in [0.15, 0.2) is 5.96 Å². The van der Waals surface area contributed by atoms with Gasteiger partial charge in [0, 0.05) is 31.1 Å². The van der Waals surface area contributed by atoms with Crippen molar-refractivity contribution in [3.63, 3.8) is 0 Å². The average molecular weight is 335 g/mol. The summed E-state index contributed by atoms with van der Waals surface area (Å²) in [4.78, 5) is 4.55. The fraction of sp³-hybridized carbons (Fsp3) is 0.500. The Morgan fingerprint density at radius 3 is 2.75 bits per heavy atom. The molecule has 1 heterocycles. The van der Waals surface area contributed by atoms with E-state index >= 15 is 0 Å². The van der Waals surface area contributed by atoms with Gasteiger partial charge in [-0.2, -0.15) is 0 Å². The first kappa shape index (κ1) is 18.3. The molecule has 1 aromatic carbocycles. The van der Waals surface area contributed by atoms with Gasteiger partial charge in [-0.3, -0.25) is 0 Å². The van der Waals surface area contributed by atoms with E-state index in [9.17, 15) is 4.39 Å². The third kappa shape index (κ3) is 4.47.